The Labute approximate surface area is 93.4 Å². The Morgan fingerprint density at radius 3 is 2.44 bits per heavy atom. The maximum absolute atomic E-state index is 11.9. The van der Waals surface area contributed by atoms with Gasteiger partial charge in [0.15, 0.2) is 0 Å². The molecule has 2 saturated heterocycles. The molecule has 0 aromatic carbocycles. The van der Waals surface area contributed by atoms with Crippen molar-refractivity contribution in [3.8, 4) is 0 Å². The summed E-state index contributed by atoms with van der Waals surface area (Å²) in [6, 6.07) is -0.625. The molecule has 2 heterocycles. The number of nitrogens with one attached hydrogen (secondary N) is 2. The van der Waals surface area contributed by atoms with Crippen LogP contribution in [0, 0.1) is 11.8 Å². The maximum atomic E-state index is 11.9. The molecule has 6 heteroatoms. The monoisotopic (exact) mass is 225 g/mol. The van der Waals surface area contributed by atoms with E-state index in [0.717, 1.165) is 30.8 Å². The van der Waals surface area contributed by atoms with Gasteiger partial charge in [-0.05, 0) is 31.8 Å². The van der Waals surface area contributed by atoms with E-state index in [4.69, 9.17) is 0 Å². The van der Waals surface area contributed by atoms with Gasteiger partial charge in [-0.1, -0.05) is 0 Å². The number of barbiturate groups is 1. The summed E-state index contributed by atoms with van der Waals surface area (Å²) < 4.78 is 0. The highest BCUT2D eigenvalue weighted by molar-refractivity contribution is 6.16. The summed E-state index contributed by atoms with van der Waals surface area (Å²) in [5.41, 5.74) is 0. The number of hydrogen-bond donors (Lipinski definition) is 2. The lowest BCUT2D eigenvalue weighted by Crippen LogP contribution is -2.58. The second kappa shape index (κ2) is 4.21. The zero-order chi connectivity index (χ0) is 11.7. The number of carbonyl (C=O) groups is 3. The maximum Gasteiger partial charge on any atom is 0.330 e. The van der Waals surface area contributed by atoms with E-state index in [1.807, 2.05) is 0 Å². The van der Waals surface area contributed by atoms with Crippen LogP contribution >= 0.6 is 0 Å². The molecule has 0 spiro atoms. The normalized spacial score (nSPS) is 28.2. The van der Waals surface area contributed by atoms with E-state index in [9.17, 15) is 14.4 Å². The average Bonchev–Trinajstić information content (AvgIpc) is 2.28. The van der Waals surface area contributed by atoms with Gasteiger partial charge in [0.05, 0.1) is 0 Å². The van der Waals surface area contributed by atoms with Crippen molar-refractivity contribution in [3.63, 3.8) is 0 Å². The molecule has 0 aliphatic carbocycles. The minimum atomic E-state index is -0.690. The molecule has 0 bridgehead atoms. The van der Waals surface area contributed by atoms with Crippen molar-refractivity contribution < 1.29 is 14.4 Å². The quantitative estimate of drug-likeness (QED) is 0.579. The van der Waals surface area contributed by atoms with Gasteiger partial charge in [0.25, 0.3) is 0 Å². The molecule has 2 aliphatic heterocycles. The molecule has 1 atom stereocenters. The third-order valence-corrected chi connectivity index (χ3v) is 3.27. The summed E-state index contributed by atoms with van der Waals surface area (Å²) in [7, 11) is 1.40. The highest BCUT2D eigenvalue weighted by Crippen LogP contribution is 2.25. The average molecular weight is 225 g/mol. The van der Waals surface area contributed by atoms with Crippen molar-refractivity contribution in [2.75, 3.05) is 20.1 Å². The van der Waals surface area contributed by atoms with Gasteiger partial charge in [0.2, 0.25) is 11.8 Å². The molecule has 0 radical (unpaired) electrons. The van der Waals surface area contributed by atoms with Crippen LogP contribution in [0.4, 0.5) is 4.79 Å². The van der Waals surface area contributed by atoms with E-state index < -0.39 is 17.9 Å². The van der Waals surface area contributed by atoms with Crippen LogP contribution in [-0.4, -0.2) is 42.9 Å². The summed E-state index contributed by atoms with van der Waals surface area (Å²) in [5.74, 6) is -1.46. The van der Waals surface area contributed by atoms with Crippen LogP contribution in [0.3, 0.4) is 0 Å². The molecular formula is C10H15N3O3. The lowest BCUT2D eigenvalue weighted by molar-refractivity contribution is -0.144. The summed E-state index contributed by atoms with van der Waals surface area (Å²) >= 11 is 0. The number of rotatable bonds is 1. The summed E-state index contributed by atoms with van der Waals surface area (Å²) in [4.78, 5) is 35.7. The second-order valence-electron chi connectivity index (χ2n) is 4.26. The van der Waals surface area contributed by atoms with Gasteiger partial charge in [0, 0.05) is 7.05 Å². The Morgan fingerprint density at radius 2 is 1.81 bits per heavy atom. The van der Waals surface area contributed by atoms with Crippen LogP contribution in [0.1, 0.15) is 12.8 Å². The lowest BCUT2D eigenvalue weighted by Gasteiger charge is -2.34. The molecule has 2 fully saturated rings. The van der Waals surface area contributed by atoms with Gasteiger partial charge in [-0.25, -0.2) is 4.79 Å². The van der Waals surface area contributed by atoms with Crippen LogP contribution in [0.2, 0.25) is 0 Å². The number of nitrogens with zero attached hydrogens (tertiary/aromatic N) is 1. The fourth-order valence-corrected chi connectivity index (χ4v) is 2.28. The molecule has 0 unspecified atom stereocenters. The smallest absolute Gasteiger partial charge is 0.317 e. The van der Waals surface area contributed by atoms with E-state index in [2.05, 4.69) is 10.6 Å². The topological polar surface area (TPSA) is 78.5 Å². The number of imide groups is 2. The number of piperidine rings is 1. The lowest BCUT2D eigenvalue weighted by atomic mass is 9.82. The van der Waals surface area contributed by atoms with Gasteiger partial charge in [-0.15, -0.1) is 0 Å². The fourth-order valence-electron chi connectivity index (χ4n) is 2.28. The van der Waals surface area contributed by atoms with E-state index >= 15 is 0 Å². The highest BCUT2D eigenvalue weighted by atomic mass is 16.2. The van der Waals surface area contributed by atoms with Crippen LogP contribution in [0.5, 0.6) is 0 Å². The van der Waals surface area contributed by atoms with Gasteiger partial charge >= 0.3 is 6.03 Å². The Kier molecular flexibility index (Phi) is 2.91. The molecule has 2 rings (SSSR count). The molecule has 0 aromatic rings. The van der Waals surface area contributed by atoms with Gasteiger partial charge in [-0.2, -0.15) is 0 Å². The van der Waals surface area contributed by atoms with Crippen LogP contribution in [-0.2, 0) is 9.59 Å². The number of hydrogen-bond acceptors (Lipinski definition) is 4. The Bertz CT molecular complexity index is 336. The SMILES string of the molecule is CN1C(=O)NC(=O)[C@H](C2CCNCC2)C1=O. The summed E-state index contributed by atoms with van der Waals surface area (Å²) in [5, 5.41) is 5.39. The molecule has 4 amide bonds. The van der Waals surface area contributed by atoms with Gasteiger partial charge in [-0.3, -0.25) is 19.8 Å². The molecule has 0 saturated carbocycles. The number of carbonyl (C=O) groups excluding carboxylic acids is 3. The van der Waals surface area contributed by atoms with E-state index in [0.29, 0.717) is 0 Å². The minimum absolute atomic E-state index is 0.0456. The van der Waals surface area contributed by atoms with Gasteiger partial charge in [0.1, 0.15) is 5.92 Å². The molecule has 2 N–H and O–H groups in total. The van der Waals surface area contributed by atoms with Crippen LogP contribution in [0.25, 0.3) is 0 Å². The second-order valence-corrected chi connectivity index (χ2v) is 4.26. The minimum Gasteiger partial charge on any atom is -0.317 e. The first-order valence-electron chi connectivity index (χ1n) is 5.44. The third kappa shape index (κ3) is 1.80. The van der Waals surface area contributed by atoms with E-state index in [1.54, 1.807) is 0 Å². The van der Waals surface area contributed by atoms with Crippen molar-refractivity contribution in [1.82, 2.24) is 15.5 Å². The predicted octanol–water partition coefficient (Wildman–Crippen LogP) is -0.690. The molecule has 16 heavy (non-hydrogen) atoms. The van der Waals surface area contributed by atoms with Gasteiger partial charge < -0.3 is 5.32 Å². The van der Waals surface area contributed by atoms with Crippen molar-refractivity contribution in [1.29, 1.82) is 0 Å². The van der Waals surface area contributed by atoms with E-state index in [1.165, 1.54) is 7.05 Å². The van der Waals surface area contributed by atoms with Crippen molar-refractivity contribution in [3.05, 3.63) is 0 Å². The fraction of sp³-hybridized carbons (Fsp3) is 0.700. The number of amides is 4. The zero-order valence-electron chi connectivity index (χ0n) is 9.16. The van der Waals surface area contributed by atoms with Crippen LogP contribution < -0.4 is 10.6 Å². The Balaban J connectivity index is 2.15. The molecule has 6 nitrogen and oxygen atoms in total. The van der Waals surface area contributed by atoms with Crippen molar-refractivity contribution in [2.24, 2.45) is 11.8 Å². The standard InChI is InChI=1S/C10H15N3O3/c1-13-9(15)7(8(14)12-10(13)16)6-2-4-11-5-3-6/h6-7,11H,2-5H2,1H3,(H,12,14,16)/t7-/m0/s1. The molecule has 0 aromatic heterocycles. The zero-order valence-corrected chi connectivity index (χ0v) is 9.16. The first-order chi connectivity index (χ1) is 7.61. The molecule has 88 valence electrons. The predicted molar refractivity (Wildman–Crippen MR) is 55.4 cm³/mol. The molecule has 2 aliphatic rings. The Hall–Kier alpha value is -1.43. The summed E-state index contributed by atoms with van der Waals surface area (Å²) in [6.07, 6.45) is 1.59. The third-order valence-electron chi connectivity index (χ3n) is 3.27. The van der Waals surface area contributed by atoms with Crippen molar-refractivity contribution in [2.45, 2.75) is 12.8 Å². The van der Waals surface area contributed by atoms with Crippen LogP contribution in [0.15, 0.2) is 0 Å². The largest absolute Gasteiger partial charge is 0.330 e. The Morgan fingerprint density at radius 1 is 1.19 bits per heavy atom. The number of urea groups is 1. The first-order valence-corrected chi connectivity index (χ1v) is 5.44. The van der Waals surface area contributed by atoms with Crippen molar-refractivity contribution >= 4 is 17.8 Å². The summed E-state index contributed by atoms with van der Waals surface area (Å²) in [6.45, 7) is 1.64. The first kappa shape index (κ1) is 11.1. The molecular weight excluding hydrogens is 210 g/mol. The highest BCUT2D eigenvalue weighted by Gasteiger charge is 2.43. The van der Waals surface area contributed by atoms with E-state index in [-0.39, 0.29) is 11.8 Å².